The second-order valence-corrected chi connectivity index (χ2v) is 3.76. The van der Waals surface area contributed by atoms with E-state index in [1.165, 1.54) is 0 Å². The average molecular weight is 196 g/mol. The Labute approximate surface area is 76.1 Å². The highest BCUT2D eigenvalue weighted by molar-refractivity contribution is 4.89. The van der Waals surface area contributed by atoms with Gasteiger partial charge in [0.2, 0.25) is 0 Å². The molecule has 2 nitrogen and oxygen atoms in total. The van der Waals surface area contributed by atoms with Crippen molar-refractivity contribution < 1.29 is 13.2 Å². The van der Waals surface area contributed by atoms with Crippen LogP contribution in [0.25, 0.3) is 0 Å². The van der Waals surface area contributed by atoms with Crippen molar-refractivity contribution in [3.05, 3.63) is 0 Å². The molecular formula is C8H15F3N2. The van der Waals surface area contributed by atoms with Gasteiger partial charge in [-0.1, -0.05) is 0 Å². The molecular weight excluding hydrogens is 181 g/mol. The summed E-state index contributed by atoms with van der Waals surface area (Å²) in [4.78, 5) is 1.78. The van der Waals surface area contributed by atoms with Gasteiger partial charge in [-0.15, -0.1) is 0 Å². The average Bonchev–Trinajstić information content (AvgIpc) is 2.31. The Hall–Kier alpha value is -0.290. The molecule has 1 rings (SSSR count). The molecule has 78 valence electrons. The predicted molar refractivity (Wildman–Crippen MR) is 44.5 cm³/mol. The van der Waals surface area contributed by atoms with Gasteiger partial charge < -0.3 is 10.2 Å². The fourth-order valence-electron chi connectivity index (χ4n) is 1.74. The Balaban J connectivity index is 2.54. The fourth-order valence-corrected chi connectivity index (χ4v) is 1.74. The maximum Gasteiger partial charge on any atom is 0.393 e. The summed E-state index contributed by atoms with van der Waals surface area (Å²) < 4.78 is 37.2. The second-order valence-electron chi connectivity index (χ2n) is 3.76. The number of nitrogens with one attached hydrogen (secondary N) is 1. The van der Waals surface area contributed by atoms with Gasteiger partial charge in [-0.3, -0.25) is 0 Å². The van der Waals surface area contributed by atoms with Crippen molar-refractivity contribution in [2.75, 3.05) is 27.2 Å². The van der Waals surface area contributed by atoms with Gasteiger partial charge in [0, 0.05) is 12.6 Å². The lowest BCUT2D eigenvalue weighted by Crippen LogP contribution is -2.42. The zero-order chi connectivity index (χ0) is 10.1. The van der Waals surface area contributed by atoms with Crippen molar-refractivity contribution >= 4 is 0 Å². The molecule has 13 heavy (non-hydrogen) atoms. The van der Waals surface area contributed by atoms with E-state index in [0.717, 1.165) is 0 Å². The van der Waals surface area contributed by atoms with Crippen LogP contribution >= 0.6 is 0 Å². The Morgan fingerprint density at radius 2 is 2.00 bits per heavy atom. The third-order valence-electron chi connectivity index (χ3n) is 2.33. The monoisotopic (exact) mass is 196 g/mol. The van der Waals surface area contributed by atoms with E-state index >= 15 is 0 Å². The maximum absolute atomic E-state index is 12.4. The molecule has 0 radical (unpaired) electrons. The minimum Gasteiger partial charge on any atom is -0.312 e. The van der Waals surface area contributed by atoms with Gasteiger partial charge in [0.25, 0.3) is 0 Å². The summed E-state index contributed by atoms with van der Waals surface area (Å²) in [5.41, 5.74) is 0. The molecule has 0 saturated carbocycles. The van der Waals surface area contributed by atoms with Crippen molar-refractivity contribution in [1.29, 1.82) is 0 Å². The Bertz CT molecular complexity index is 167. The molecule has 0 aromatic carbocycles. The number of hydrogen-bond donors (Lipinski definition) is 1. The normalized spacial score (nSPS) is 30.0. The molecule has 1 N–H and O–H groups in total. The van der Waals surface area contributed by atoms with Crippen LogP contribution < -0.4 is 5.32 Å². The number of halogens is 3. The van der Waals surface area contributed by atoms with Gasteiger partial charge in [-0.25, -0.2) is 0 Å². The molecule has 0 spiro atoms. The molecule has 0 aromatic heterocycles. The van der Waals surface area contributed by atoms with E-state index in [9.17, 15) is 13.2 Å². The van der Waals surface area contributed by atoms with E-state index < -0.39 is 18.1 Å². The summed E-state index contributed by atoms with van der Waals surface area (Å²) >= 11 is 0. The number of rotatable bonds is 2. The minimum absolute atomic E-state index is 0.210. The van der Waals surface area contributed by atoms with Crippen LogP contribution in [0.2, 0.25) is 0 Å². The smallest absolute Gasteiger partial charge is 0.312 e. The van der Waals surface area contributed by atoms with Crippen LogP contribution in [0.4, 0.5) is 13.2 Å². The topological polar surface area (TPSA) is 15.3 Å². The summed E-state index contributed by atoms with van der Waals surface area (Å²) in [6, 6.07) is -0.435. The van der Waals surface area contributed by atoms with E-state index in [-0.39, 0.29) is 6.42 Å². The van der Waals surface area contributed by atoms with Crippen molar-refractivity contribution in [1.82, 2.24) is 10.2 Å². The molecule has 5 heteroatoms. The third kappa shape index (κ3) is 2.84. The van der Waals surface area contributed by atoms with E-state index in [4.69, 9.17) is 0 Å². The number of likely N-dealkylation sites (N-methyl/N-ethyl adjacent to an activating group) is 1. The van der Waals surface area contributed by atoms with Gasteiger partial charge >= 0.3 is 6.18 Å². The number of alkyl halides is 3. The summed E-state index contributed by atoms with van der Waals surface area (Å²) in [6.07, 6.45) is -3.84. The van der Waals surface area contributed by atoms with Gasteiger partial charge in [0.15, 0.2) is 0 Å². The first-order chi connectivity index (χ1) is 5.91. The van der Waals surface area contributed by atoms with Gasteiger partial charge in [-0.05, 0) is 27.1 Å². The Kier molecular flexibility index (Phi) is 3.18. The lowest BCUT2D eigenvalue weighted by Gasteiger charge is -2.24. The molecule has 1 saturated heterocycles. The highest BCUT2D eigenvalue weighted by Gasteiger charge is 2.46. The van der Waals surface area contributed by atoms with Crippen molar-refractivity contribution in [2.45, 2.75) is 18.6 Å². The van der Waals surface area contributed by atoms with E-state index in [2.05, 4.69) is 5.32 Å². The zero-order valence-corrected chi connectivity index (χ0v) is 7.86. The molecule has 1 aliphatic rings. The van der Waals surface area contributed by atoms with Gasteiger partial charge in [0.05, 0.1) is 5.92 Å². The molecule has 0 aromatic rings. The summed E-state index contributed by atoms with van der Waals surface area (Å²) in [5.74, 6) is -1.17. The molecule has 2 unspecified atom stereocenters. The van der Waals surface area contributed by atoms with Gasteiger partial charge in [0.1, 0.15) is 0 Å². The highest BCUT2D eigenvalue weighted by Crippen LogP contribution is 2.34. The Morgan fingerprint density at radius 3 is 2.46 bits per heavy atom. The van der Waals surface area contributed by atoms with E-state index in [1.807, 2.05) is 0 Å². The first kappa shape index (κ1) is 10.8. The molecule has 1 aliphatic heterocycles. The van der Waals surface area contributed by atoms with Crippen LogP contribution in [0, 0.1) is 5.92 Å². The molecule has 1 heterocycles. The van der Waals surface area contributed by atoms with Crippen LogP contribution in [0.1, 0.15) is 6.42 Å². The molecule has 0 bridgehead atoms. The lowest BCUT2D eigenvalue weighted by molar-refractivity contribution is -0.177. The summed E-state index contributed by atoms with van der Waals surface area (Å²) in [6.45, 7) is 0.923. The zero-order valence-electron chi connectivity index (χ0n) is 7.86. The lowest BCUT2D eigenvalue weighted by atomic mass is 10.00. The SMILES string of the molecule is CN(C)CC1NCCC1C(F)(F)F. The first-order valence-electron chi connectivity index (χ1n) is 4.36. The number of nitrogens with zero attached hydrogens (tertiary/aromatic N) is 1. The van der Waals surface area contributed by atoms with Crippen LogP contribution in [0.5, 0.6) is 0 Å². The van der Waals surface area contributed by atoms with Gasteiger partial charge in [-0.2, -0.15) is 13.2 Å². The van der Waals surface area contributed by atoms with E-state index in [1.54, 1.807) is 19.0 Å². The van der Waals surface area contributed by atoms with Crippen molar-refractivity contribution in [2.24, 2.45) is 5.92 Å². The predicted octanol–water partition coefficient (Wildman–Crippen LogP) is 1.09. The molecule has 2 atom stereocenters. The summed E-state index contributed by atoms with van der Waals surface area (Å²) in [5, 5.41) is 2.88. The molecule has 0 aliphatic carbocycles. The van der Waals surface area contributed by atoms with Crippen molar-refractivity contribution in [3.8, 4) is 0 Å². The van der Waals surface area contributed by atoms with Crippen LogP contribution in [-0.2, 0) is 0 Å². The maximum atomic E-state index is 12.4. The minimum atomic E-state index is -4.05. The van der Waals surface area contributed by atoms with Crippen LogP contribution in [-0.4, -0.2) is 44.3 Å². The fraction of sp³-hybridized carbons (Fsp3) is 1.00. The summed E-state index contributed by atoms with van der Waals surface area (Å²) in [7, 11) is 3.57. The number of hydrogen-bond acceptors (Lipinski definition) is 2. The Morgan fingerprint density at radius 1 is 1.38 bits per heavy atom. The van der Waals surface area contributed by atoms with Crippen LogP contribution in [0.15, 0.2) is 0 Å². The largest absolute Gasteiger partial charge is 0.393 e. The standard InChI is InChI=1S/C8H15F3N2/c1-13(2)5-7-6(3-4-12-7)8(9,10)11/h6-7,12H,3-5H2,1-2H3. The van der Waals surface area contributed by atoms with Crippen molar-refractivity contribution in [3.63, 3.8) is 0 Å². The second kappa shape index (κ2) is 3.84. The third-order valence-corrected chi connectivity index (χ3v) is 2.33. The quantitative estimate of drug-likeness (QED) is 0.711. The molecule has 0 amide bonds. The van der Waals surface area contributed by atoms with E-state index in [0.29, 0.717) is 13.1 Å². The molecule has 1 fully saturated rings. The van der Waals surface area contributed by atoms with Crippen LogP contribution in [0.3, 0.4) is 0 Å². The first-order valence-corrected chi connectivity index (χ1v) is 4.36. The highest BCUT2D eigenvalue weighted by atomic mass is 19.4.